The normalized spacial score (nSPS) is 10.5. The molecule has 15 heavy (non-hydrogen) atoms. The monoisotopic (exact) mass is 219 g/mol. The lowest BCUT2D eigenvalue weighted by atomic mass is 10.3. The molecule has 0 bridgehead atoms. The van der Waals surface area contributed by atoms with E-state index in [2.05, 4.69) is 9.97 Å². The molecule has 0 saturated carbocycles. The first kappa shape index (κ1) is 10.3. The van der Waals surface area contributed by atoms with Crippen LogP contribution in [0, 0.1) is 6.92 Å². The quantitative estimate of drug-likeness (QED) is 0.859. The van der Waals surface area contributed by atoms with Crippen LogP contribution in [0.25, 0.3) is 10.6 Å². The predicted molar refractivity (Wildman–Crippen MR) is 62.8 cm³/mol. The zero-order valence-corrected chi connectivity index (χ0v) is 9.42. The summed E-state index contributed by atoms with van der Waals surface area (Å²) in [7, 11) is 0. The molecule has 0 aliphatic carbocycles. The molecular formula is C11H13N3S. The lowest BCUT2D eigenvalue weighted by Gasteiger charge is -1.92. The summed E-state index contributed by atoms with van der Waals surface area (Å²) in [6.07, 6.45) is 4.51. The maximum absolute atomic E-state index is 5.54. The van der Waals surface area contributed by atoms with Crippen molar-refractivity contribution in [3.63, 3.8) is 0 Å². The van der Waals surface area contributed by atoms with Crippen LogP contribution < -0.4 is 5.73 Å². The Bertz CT molecular complexity index is 436. The molecule has 4 heteroatoms. The number of nitrogens with two attached hydrogens (primary N) is 1. The average Bonchev–Trinajstić information content (AvgIpc) is 2.63. The van der Waals surface area contributed by atoms with Crippen molar-refractivity contribution in [1.29, 1.82) is 0 Å². The van der Waals surface area contributed by atoms with Crippen LogP contribution in [0.5, 0.6) is 0 Å². The molecule has 3 nitrogen and oxygen atoms in total. The van der Waals surface area contributed by atoms with Gasteiger partial charge in [-0.2, -0.15) is 0 Å². The van der Waals surface area contributed by atoms with E-state index in [1.54, 1.807) is 17.5 Å². The second kappa shape index (κ2) is 4.51. The second-order valence-electron chi connectivity index (χ2n) is 3.31. The van der Waals surface area contributed by atoms with Gasteiger partial charge in [-0.3, -0.25) is 4.98 Å². The van der Waals surface area contributed by atoms with E-state index in [4.69, 9.17) is 5.73 Å². The minimum absolute atomic E-state index is 0.676. The van der Waals surface area contributed by atoms with Crippen LogP contribution >= 0.6 is 11.3 Å². The van der Waals surface area contributed by atoms with Crippen LogP contribution in [0.2, 0.25) is 0 Å². The van der Waals surface area contributed by atoms with Crippen LogP contribution in [0.1, 0.15) is 10.6 Å². The second-order valence-corrected chi connectivity index (χ2v) is 4.39. The van der Waals surface area contributed by atoms with Crippen LogP contribution in [0.4, 0.5) is 0 Å². The third-order valence-corrected chi connectivity index (χ3v) is 3.44. The number of pyridine rings is 1. The molecule has 0 spiro atoms. The first-order valence-corrected chi connectivity index (χ1v) is 5.69. The van der Waals surface area contributed by atoms with Crippen molar-refractivity contribution < 1.29 is 0 Å². The van der Waals surface area contributed by atoms with Gasteiger partial charge in [-0.1, -0.05) is 0 Å². The summed E-state index contributed by atoms with van der Waals surface area (Å²) >= 11 is 1.71. The summed E-state index contributed by atoms with van der Waals surface area (Å²) < 4.78 is 0. The van der Waals surface area contributed by atoms with E-state index in [0.717, 1.165) is 22.7 Å². The molecule has 2 heterocycles. The molecule has 2 aromatic rings. The zero-order chi connectivity index (χ0) is 10.7. The van der Waals surface area contributed by atoms with Gasteiger partial charge in [0.25, 0.3) is 0 Å². The fraction of sp³-hybridized carbons (Fsp3) is 0.273. The minimum Gasteiger partial charge on any atom is -0.330 e. The van der Waals surface area contributed by atoms with Gasteiger partial charge in [0, 0.05) is 22.8 Å². The highest BCUT2D eigenvalue weighted by molar-refractivity contribution is 7.15. The van der Waals surface area contributed by atoms with Crippen LogP contribution in [-0.2, 0) is 6.42 Å². The molecule has 0 atom stereocenters. The summed E-state index contributed by atoms with van der Waals surface area (Å²) in [5.74, 6) is 0. The number of hydrogen-bond donors (Lipinski definition) is 1. The minimum atomic E-state index is 0.676. The fourth-order valence-corrected chi connectivity index (χ4v) is 2.47. The molecule has 2 aromatic heterocycles. The molecule has 0 aliphatic heterocycles. The third kappa shape index (κ3) is 2.22. The van der Waals surface area contributed by atoms with Crippen molar-refractivity contribution in [2.75, 3.05) is 6.54 Å². The van der Waals surface area contributed by atoms with Gasteiger partial charge >= 0.3 is 0 Å². The average molecular weight is 219 g/mol. The Hall–Kier alpha value is -1.26. The smallest absolute Gasteiger partial charge is 0.125 e. The Morgan fingerprint density at radius 2 is 2.33 bits per heavy atom. The molecule has 0 aliphatic rings. The molecule has 0 fully saturated rings. The standard InChI is InChI=1S/C11H13N3S/c1-8-10(4-5-12)15-11(14-8)9-3-2-6-13-7-9/h2-3,6-7H,4-5,12H2,1H3. The molecule has 78 valence electrons. The number of aromatic nitrogens is 2. The number of nitrogens with zero attached hydrogens (tertiary/aromatic N) is 2. The molecule has 0 amide bonds. The van der Waals surface area contributed by atoms with Crippen LogP contribution in [0.3, 0.4) is 0 Å². The molecule has 0 saturated heterocycles. The fourth-order valence-electron chi connectivity index (χ4n) is 1.40. The first-order chi connectivity index (χ1) is 7.31. The van der Waals surface area contributed by atoms with Gasteiger partial charge in [0.15, 0.2) is 0 Å². The molecular weight excluding hydrogens is 206 g/mol. The number of thiazole rings is 1. The van der Waals surface area contributed by atoms with Gasteiger partial charge in [0.1, 0.15) is 5.01 Å². The maximum Gasteiger partial charge on any atom is 0.125 e. The van der Waals surface area contributed by atoms with Crippen molar-refractivity contribution in [1.82, 2.24) is 9.97 Å². The van der Waals surface area contributed by atoms with Gasteiger partial charge in [0.2, 0.25) is 0 Å². The number of rotatable bonds is 3. The van der Waals surface area contributed by atoms with Gasteiger partial charge in [-0.15, -0.1) is 11.3 Å². The summed E-state index contributed by atoms with van der Waals surface area (Å²) in [6, 6.07) is 3.95. The molecule has 0 unspecified atom stereocenters. The predicted octanol–water partition coefficient (Wildman–Crippen LogP) is 2.01. The van der Waals surface area contributed by atoms with Crippen LogP contribution in [0.15, 0.2) is 24.5 Å². The Morgan fingerprint density at radius 3 is 3.00 bits per heavy atom. The lowest BCUT2D eigenvalue weighted by Crippen LogP contribution is -2.01. The topological polar surface area (TPSA) is 51.8 Å². The van der Waals surface area contributed by atoms with Crippen molar-refractivity contribution in [3.05, 3.63) is 35.1 Å². The van der Waals surface area contributed by atoms with E-state index in [0.29, 0.717) is 6.54 Å². The van der Waals surface area contributed by atoms with Gasteiger partial charge in [-0.25, -0.2) is 4.98 Å². The van der Waals surface area contributed by atoms with Gasteiger partial charge in [0.05, 0.1) is 5.69 Å². The van der Waals surface area contributed by atoms with Crippen molar-refractivity contribution in [2.24, 2.45) is 5.73 Å². The molecule has 2 N–H and O–H groups in total. The number of hydrogen-bond acceptors (Lipinski definition) is 4. The van der Waals surface area contributed by atoms with E-state index in [-0.39, 0.29) is 0 Å². The van der Waals surface area contributed by atoms with E-state index in [1.165, 1.54) is 4.88 Å². The highest BCUT2D eigenvalue weighted by Gasteiger charge is 2.08. The maximum atomic E-state index is 5.54. The third-order valence-electron chi connectivity index (χ3n) is 2.17. The Kier molecular flexibility index (Phi) is 3.08. The summed E-state index contributed by atoms with van der Waals surface area (Å²) in [4.78, 5) is 9.88. The molecule has 0 radical (unpaired) electrons. The SMILES string of the molecule is Cc1nc(-c2cccnc2)sc1CCN. The highest BCUT2D eigenvalue weighted by atomic mass is 32.1. The first-order valence-electron chi connectivity index (χ1n) is 4.88. The molecule has 2 rings (SSSR count). The van der Waals surface area contributed by atoms with Gasteiger partial charge in [-0.05, 0) is 32.0 Å². The van der Waals surface area contributed by atoms with Gasteiger partial charge < -0.3 is 5.73 Å². The Labute approximate surface area is 93.0 Å². The van der Waals surface area contributed by atoms with E-state index >= 15 is 0 Å². The lowest BCUT2D eigenvalue weighted by molar-refractivity contribution is 0.970. The summed E-state index contributed by atoms with van der Waals surface area (Å²) in [6.45, 7) is 2.71. The number of aryl methyl sites for hydroxylation is 1. The van der Waals surface area contributed by atoms with Crippen molar-refractivity contribution in [2.45, 2.75) is 13.3 Å². The summed E-state index contributed by atoms with van der Waals surface area (Å²) in [5, 5.41) is 1.03. The largest absolute Gasteiger partial charge is 0.330 e. The van der Waals surface area contributed by atoms with E-state index in [1.807, 2.05) is 25.3 Å². The van der Waals surface area contributed by atoms with Crippen LogP contribution in [-0.4, -0.2) is 16.5 Å². The Morgan fingerprint density at radius 1 is 1.47 bits per heavy atom. The Balaban J connectivity index is 2.34. The molecule has 0 aromatic carbocycles. The summed E-state index contributed by atoms with van der Waals surface area (Å²) in [5.41, 5.74) is 7.71. The highest BCUT2D eigenvalue weighted by Crippen LogP contribution is 2.27. The van der Waals surface area contributed by atoms with E-state index in [9.17, 15) is 0 Å². The van der Waals surface area contributed by atoms with Crippen molar-refractivity contribution in [3.8, 4) is 10.6 Å². The van der Waals surface area contributed by atoms with E-state index < -0.39 is 0 Å². The van der Waals surface area contributed by atoms with Crippen molar-refractivity contribution >= 4 is 11.3 Å². The zero-order valence-electron chi connectivity index (χ0n) is 8.60.